The highest BCUT2D eigenvalue weighted by Crippen LogP contribution is 2.13. The number of nitrogens with zero attached hydrogens (tertiary/aromatic N) is 2. The van der Waals surface area contributed by atoms with E-state index in [4.69, 9.17) is 9.15 Å². The van der Waals surface area contributed by atoms with E-state index >= 15 is 0 Å². The topological polar surface area (TPSA) is 72.2 Å². The molecule has 0 aromatic carbocycles. The Bertz CT molecular complexity index is 524. The van der Waals surface area contributed by atoms with Crippen molar-refractivity contribution in [1.29, 1.82) is 0 Å². The molecule has 0 radical (unpaired) electrons. The number of rotatable bonds is 5. The summed E-state index contributed by atoms with van der Waals surface area (Å²) in [6.45, 7) is 2.24. The third-order valence-electron chi connectivity index (χ3n) is 3.20. The van der Waals surface area contributed by atoms with E-state index in [1.165, 1.54) is 0 Å². The summed E-state index contributed by atoms with van der Waals surface area (Å²) in [6, 6.07) is 4.12. The van der Waals surface area contributed by atoms with Gasteiger partial charge in [0.15, 0.2) is 0 Å². The van der Waals surface area contributed by atoms with Crippen LogP contribution in [0.15, 0.2) is 35.3 Å². The monoisotopic (exact) mass is 274 g/mol. The molecule has 1 atom stereocenters. The Hall–Kier alpha value is -2.08. The summed E-state index contributed by atoms with van der Waals surface area (Å²) < 4.78 is 10.5. The highest BCUT2D eigenvalue weighted by Gasteiger charge is 2.14. The molecule has 3 rings (SSSR count). The van der Waals surface area contributed by atoms with Gasteiger partial charge in [0.1, 0.15) is 5.82 Å². The van der Waals surface area contributed by atoms with Crippen LogP contribution in [0.25, 0.3) is 0 Å². The molecule has 2 aromatic rings. The van der Waals surface area contributed by atoms with Gasteiger partial charge in [-0.1, -0.05) is 0 Å². The number of hydrogen-bond acceptors (Lipinski definition) is 6. The van der Waals surface area contributed by atoms with E-state index in [2.05, 4.69) is 20.6 Å². The molecule has 0 spiro atoms. The van der Waals surface area contributed by atoms with Gasteiger partial charge in [-0.15, -0.1) is 0 Å². The molecular formula is C14H18N4O2. The van der Waals surface area contributed by atoms with Gasteiger partial charge < -0.3 is 19.8 Å². The molecule has 0 bridgehead atoms. The van der Waals surface area contributed by atoms with Crippen LogP contribution in [0.4, 0.5) is 11.8 Å². The quantitative estimate of drug-likeness (QED) is 0.871. The van der Waals surface area contributed by atoms with Crippen LogP contribution in [-0.2, 0) is 11.3 Å². The van der Waals surface area contributed by atoms with E-state index in [0.29, 0.717) is 18.5 Å². The van der Waals surface area contributed by atoms with Crippen LogP contribution in [0.5, 0.6) is 0 Å². The van der Waals surface area contributed by atoms with Crippen molar-refractivity contribution >= 4 is 11.8 Å². The van der Waals surface area contributed by atoms with Gasteiger partial charge in [-0.2, -0.15) is 4.98 Å². The van der Waals surface area contributed by atoms with Crippen LogP contribution in [-0.4, -0.2) is 29.2 Å². The van der Waals surface area contributed by atoms with E-state index in [1.807, 2.05) is 12.1 Å². The van der Waals surface area contributed by atoms with Crippen LogP contribution in [0.1, 0.15) is 18.4 Å². The van der Waals surface area contributed by atoms with E-state index < -0.39 is 0 Å². The van der Waals surface area contributed by atoms with Crippen molar-refractivity contribution in [3.8, 4) is 0 Å². The van der Waals surface area contributed by atoms with Crippen molar-refractivity contribution in [2.45, 2.75) is 25.4 Å². The molecule has 0 unspecified atom stereocenters. The van der Waals surface area contributed by atoms with E-state index in [9.17, 15) is 0 Å². The lowest BCUT2D eigenvalue weighted by Crippen LogP contribution is -2.30. The Morgan fingerprint density at radius 1 is 1.35 bits per heavy atom. The lowest BCUT2D eigenvalue weighted by atomic mass is 10.1. The summed E-state index contributed by atoms with van der Waals surface area (Å²) >= 11 is 0. The molecule has 0 saturated carbocycles. The van der Waals surface area contributed by atoms with Crippen molar-refractivity contribution in [2.24, 2.45) is 0 Å². The lowest BCUT2D eigenvalue weighted by molar-refractivity contribution is 0.0875. The van der Waals surface area contributed by atoms with Gasteiger partial charge in [-0.3, -0.25) is 0 Å². The highest BCUT2D eigenvalue weighted by atomic mass is 16.5. The molecule has 3 heterocycles. The summed E-state index contributed by atoms with van der Waals surface area (Å²) in [5, 5.41) is 6.55. The van der Waals surface area contributed by atoms with Gasteiger partial charge >= 0.3 is 0 Å². The fourth-order valence-corrected chi connectivity index (χ4v) is 2.16. The molecular weight excluding hydrogens is 256 g/mol. The first kappa shape index (κ1) is 12.9. The lowest BCUT2D eigenvalue weighted by Gasteiger charge is -2.23. The van der Waals surface area contributed by atoms with Gasteiger partial charge in [0.05, 0.1) is 25.2 Å². The first-order valence-corrected chi connectivity index (χ1v) is 6.82. The van der Waals surface area contributed by atoms with Gasteiger partial charge in [-0.25, -0.2) is 4.98 Å². The molecule has 1 aliphatic rings. The molecule has 106 valence electrons. The molecule has 1 aliphatic heterocycles. The predicted octanol–water partition coefficient (Wildman–Crippen LogP) is 2.27. The predicted molar refractivity (Wildman–Crippen MR) is 75.5 cm³/mol. The Morgan fingerprint density at radius 3 is 3.15 bits per heavy atom. The molecule has 0 aliphatic carbocycles. The van der Waals surface area contributed by atoms with E-state index in [1.54, 1.807) is 18.7 Å². The average Bonchev–Trinajstić information content (AvgIpc) is 3.00. The van der Waals surface area contributed by atoms with Gasteiger partial charge in [-0.05, 0) is 25.0 Å². The fraction of sp³-hybridized carbons (Fsp3) is 0.429. The van der Waals surface area contributed by atoms with Crippen LogP contribution in [0.2, 0.25) is 0 Å². The Labute approximate surface area is 117 Å². The number of nitrogens with one attached hydrogen (secondary N) is 2. The van der Waals surface area contributed by atoms with E-state index in [-0.39, 0.29) is 0 Å². The zero-order valence-corrected chi connectivity index (χ0v) is 11.2. The average molecular weight is 274 g/mol. The number of anilines is 2. The molecule has 0 amide bonds. The second kappa shape index (κ2) is 6.38. The largest absolute Gasteiger partial charge is 0.472 e. The van der Waals surface area contributed by atoms with Crippen molar-refractivity contribution in [3.05, 3.63) is 36.4 Å². The van der Waals surface area contributed by atoms with Crippen LogP contribution >= 0.6 is 0 Å². The second-order valence-corrected chi connectivity index (χ2v) is 4.81. The summed E-state index contributed by atoms with van der Waals surface area (Å²) in [5.41, 5.74) is 1.06. The third-order valence-corrected chi connectivity index (χ3v) is 3.20. The zero-order chi connectivity index (χ0) is 13.6. The Kier molecular flexibility index (Phi) is 4.13. The number of hydrogen-bond donors (Lipinski definition) is 2. The van der Waals surface area contributed by atoms with Crippen molar-refractivity contribution < 1.29 is 9.15 Å². The second-order valence-electron chi connectivity index (χ2n) is 4.81. The van der Waals surface area contributed by atoms with Crippen molar-refractivity contribution in [2.75, 3.05) is 23.8 Å². The summed E-state index contributed by atoms with van der Waals surface area (Å²) in [6.07, 6.45) is 7.31. The summed E-state index contributed by atoms with van der Waals surface area (Å²) in [5.74, 6) is 1.43. The van der Waals surface area contributed by atoms with Crippen LogP contribution in [0, 0.1) is 0 Å². The maximum absolute atomic E-state index is 5.45. The summed E-state index contributed by atoms with van der Waals surface area (Å²) in [7, 11) is 0. The molecule has 1 fully saturated rings. The number of ether oxygens (including phenoxy) is 1. The standard InChI is InChI=1S/C14H18N4O2/c1-2-12(10-19-6-1)17-13-3-5-15-14(18-13)16-8-11-4-7-20-9-11/h3-5,7,9,12H,1-2,6,8,10H2,(H2,15,16,17,18)/t12-/m0/s1. The maximum atomic E-state index is 5.45. The van der Waals surface area contributed by atoms with Crippen molar-refractivity contribution in [3.63, 3.8) is 0 Å². The third kappa shape index (κ3) is 3.48. The van der Waals surface area contributed by atoms with E-state index in [0.717, 1.165) is 37.4 Å². The fourth-order valence-electron chi connectivity index (χ4n) is 2.16. The number of aromatic nitrogens is 2. The van der Waals surface area contributed by atoms with Gasteiger partial charge in [0, 0.05) is 24.9 Å². The Balaban J connectivity index is 1.57. The summed E-state index contributed by atoms with van der Waals surface area (Å²) in [4.78, 5) is 8.65. The minimum absolute atomic E-state index is 0.334. The maximum Gasteiger partial charge on any atom is 0.224 e. The smallest absolute Gasteiger partial charge is 0.224 e. The Morgan fingerprint density at radius 2 is 2.35 bits per heavy atom. The number of furan rings is 1. The van der Waals surface area contributed by atoms with Gasteiger partial charge in [0.2, 0.25) is 5.95 Å². The minimum atomic E-state index is 0.334. The van der Waals surface area contributed by atoms with Crippen LogP contribution < -0.4 is 10.6 Å². The normalized spacial score (nSPS) is 18.7. The zero-order valence-electron chi connectivity index (χ0n) is 11.2. The van der Waals surface area contributed by atoms with Gasteiger partial charge in [0.25, 0.3) is 0 Å². The molecule has 6 nitrogen and oxygen atoms in total. The minimum Gasteiger partial charge on any atom is -0.472 e. The SMILES string of the molecule is c1cc(N[C@H]2CCCOC2)nc(NCc2ccoc2)n1. The highest BCUT2D eigenvalue weighted by molar-refractivity contribution is 5.40. The molecule has 6 heteroatoms. The molecule has 2 aromatic heterocycles. The molecule has 2 N–H and O–H groups in total. The first-order valence-electron chi connectivity index (χ1n) is 6.82. The first-order chi connectivity index (χ1) is 9.90. The van der Waals surface area contributed by atoms with Crippen molar-refractivity contribution in [1.82, 2.24) is 9.97 Å². The van der Waals surface area contributed by atoms with Crippen LogP contribution in [0.3, 0.4) is 0 Å². The molecule has 20 heavy (non-hydrogen) atoms. The molecule has 1 saturated heterocycles.